The molecule has 0 saturated heterocycles. The third-order valence-electron chi connectivity index (χ3n) is 4.42. The second-order valence-electron chi connectivity index (χ2n) is 7.15. The first-order valence-corrected chi connectivity index (χ1v) is 10.6. The number of hydrogen-bond donors (Lipinski definition) is 2. The molecule has 3 aromatic rings. The molecule has 0 unspecified atom stereocenters. The van der Waals surface area contributed by atoms with Crippen LogP contribution in [-0.2, 0) is 4.79 Å². The smallest absolute Gasteiger partial charge is 0.267 e. The van der Waals surface area contributed by atoms with Crippen LogP contribution in [0.2, 0.25) is 0 Å². The Balaban J connectivity index is 1.82. The first-order chi connectivity index (χ1) is 14.9. The van der Waals surface area contributed by atoms with Crippen LogP contribution < -0.4 is 10.6 Å². The summed E-state index contributed by atoms with van der Waals surface area (Å²) in [5.41, 5.74) is 1.49. The fourth-order valence-electron chi connectivity index (χ4n) is 2.77. The molecule has 2 amide bonds. The zero-order chi connectivity index (χ0) is 22.2. The van der Waals surface area contributed by atoms with Crippen molar-refractivity contribution in [3.63, 3.8) is 0 Å². The molecule has 2 N–H and O–H groups in total. The molecule has 0 aliphatic carbocycles. The third-order valence-corrected chi connectivity index (χ3v) is 4.94. The molecule has 0 radical (unpaired) electrons. The first-order valence-electron chi connectivity index (χ1n) is 9.79. The van der Waals surface area contributed by atoms with E-state index in [0.717, 1.165) is 10.0 Å². The summed E-state index contributed by atoms with van der Waals surface area (Å²) in [6, 6.07) is 20.1. The molecule has 3 rings (SSSR count). The SMILES string of the molecule is CN(C)CCNC(=O)/C(=C/c1ccc(-c2ccc(Br)cc2)o1)NC(=O)c1ccccc1. The Kier molecular flexibility index (Phi) is 7.81. The molecule has 1 heterocycles. The number of halogens is 1. The van der Waals surface area contributed by atoms with Gasteiger partial charge in [-0.05, 0) is 50.5 Å². The van der Waals surface area contributed by atoms with E-state index >= 15 is 0 Å². The van der Waals surface area contributed by atoms with Crippen molar-refractivity contribution in [2.24, 2.45) is 0 Å². The third kappa shape index (κ3) is 6.67. The fraction of sp³-hybridized carbons (Fsp3) is 0.167. The highest BCUT2D eigenvalue weighted by atomic mass is 79.9. The molecule has 2 aromatic carbocycles. The minimum atomic E-state index is -0.382. The number of nitrogens with zero attached hydrogens (tertiary/aromatic N) is 1. The van der Waals surface area contributed by atoms with Gasteiger partial charge >= 0.3 is 0 Å². The maximum atomic E-state index is 12.8. The first kappa shape index (κ1) is 22.5. The Morgan fingerprint density at radius 3 is 2.39 bits per heavy atom. The number of amides is 2. The van der Waals surface area contributed by atoms with Crippen LogP contribution in [0.5, 0.6) is 0 Å². The molecule has 0 aliphatic heterocycles. The summed E-state index contributed by atoms with van der Waals surface area (Å²) in [6.07, 6.45) is 1.54. The summed E-state index contributed by atoms with van der Waals surface area (Å²) < 4.78 is 6.86. The van der Waals surface area contributed by atoms with Crippen LogP contribution in [0.1, 0.15) is 16.1 Å². The van der Waals surface area contributed by atoms with Gasteiger partial charge in [0.2, 0.25) is 0 Å². The van der Waals surface area contributed by atoms with Crippen molar-refractivity contribution in [2.75, 3.05) is 27.2 Å². The number of carbonyl (C=O) groups excluding carboxylic acids is 2. The molecule has 0 aliphatic rings. The molecule has 6 nitrogen and oxygen atoms in total. The van der Waals surface area contributed by atoms with E-state index in [1.807, 2.05) is 55.4 Å². The van der Waals surface area contributed by atoms with Gasteiger partial charge in [0, 0.05) is 34.8 Å². The van der Waals surface area contributed by atoms with E-state index in [1.165, 1.54) is 6.08 Å². The minimum Gasteiger partial charge on any atom is -0.457 e. The van der Waals surface area contributed by atoms with Crippen LogP contribution in [0.3, 0.4) is 0 Å². The van der Waals surface area contributed by atoms with Gasteiger partial charge in [0.25, 0.3) is 11.8 Å². The lowest BCUT2D eigenvalue weighted by atomic mass is 10.2. The summed E-state index contributed by atoms with van der Waals surface area (Å²) >= 11 is 3.42. The van der Waals surface area contributed by atoms with Crippen LogP contribution in [0, 0.1) is 0 Å². The van der Waals surface area contributed by atoms with Crippen LogP contribution >= 0.6 is 15.9 Å². The Morgan fingerprint density at radius 1 is 1.00 bits per heavy atom. The van der Waals surface area contributed by atoms with Crippen molar-refractivity contribution in [2.45, 2.75) is 0 Å². The number of nitrogens with one attached hydrogen (secondary N) is 2. The van der Waals surface area contributed by atoms with Gasteiger partial charge in [-0.3, -0.25) is 9.59 Å². The number of furan rings is 1. The van der Waals surface area contributed by atoms with Gasteiger partial charge in [-0.25, -0.2) is 0 Å². The van der Waals surface area contributed by atoms with Gasteiger partial charge in [0.05, 0.1) is 0 Å². The summed E-state index contributed by atoms with van der Waals surface area (Å²) in [6.45, 7) is 1.13. The molecule has 0 saturated carbocycles. The molecule has 1 aromatic heterocycles. The average Bonchev–Trinajstić information content (AvgIpc) is 3.22. The molecule has 160 valence electrons. The van der Waals surface area contributed by atoms with Crippen LogP contribution in [0.25, 0.3) is 17.4 Å². The van der Waals surface area contributed by atoms with E-state index in [2.05, 4.69) is 26.6 Å². The van der Waals surface area contributed by atoms with Crippen LogP contribution in [-0.4, -0.2) is 43.9 Å². The molecular formula is C24H24BrN3O3. The van der Waals surface area contributed by atoms with Crippen molar-refractivity contribution in [1.82, 2.24) is 15.5 Å². The van der Waals surface area contributed by atoms with E-state index in [4.69, 9.17) is 4.42 Å². The Morgan fingerprint density at radius 2 is 1.71 bits per heavy atom. The van der Waals surface area contributed by atoms with E-state index < -0.39 is 0 Å². The van der Waals surface area contributed by atoms with Gasteiger partial charge in [0.1, 0.15) is 17.2 Å². The van der Waals surface area contributed by atoms with E-state index in [0.29, 0.717) is 30.2 Å². The van der Waals surface area contributed by atoms with Crippen LogP contribution in [0.15, 0.2) is 81.3 Å². The topological polar surface area (TPSA) is 74.6 Å². The Labute approximate surface area is 190 Å². The van der Waals surface area contributed by atoms with Crippen molar-refractivity contribution in [3.05, 3.63) is 88.2 Å². The molecule has 7 heteroatoms. The minimum absolute atomic E-state index is 0.115. The molecule has 0 spiro atoms. The standard InChI is InChI=1S/C24H24BrN3O3/c1-28(2)15-14-26-24(30)21(27-23(29)18-6-4-3-5-7-18)16-20-12-13-22(31-20)17-8-10-19(25)11-9-17/h3-13,16H,14-15H2,1-2H3,(H,26,30)(H,27,29)/b21-16-. The number of benzene rings is 2. The number of likely N-dealkylation sites (N-methyl/N-ethyl adjacent to an activating group) is 1. The van der Waals surface area contributed by atoms with Gasteiger partial charge in [-0.1, -0.05) is 46.3 Å². The van der Waals surface area contributed by atoms with Crippen molar-refractivity contribution >= 4 is 33.8 Å². The highest BCUT2D eigenvalue weighted by Gasteiger charge is 2.15. The lowest BCUT2D eigenvalue weighted by Crippen LogP contribution is -2.37. The Bertz CT molecular complexity index is 1060. The second kappa shape index (κ2) is 10.7. The van der Waals surface area contributed by atoms with Gasteiger partial charge < -0.3 is 20.0 Å². The van der Waals surface area contributed by atoms with E-state index in [-0.39, 0.29) is 17.5 Å². The fourth-order valence-corrected chi connectivity index (χ4v) is 3.04. The molecule has 31 heavy (non-hydrogen) atoms. The predicted octanol–water partition coefficient (Wildman–Crippen LogP) is 4.16. The van der Waals surface area contributed by atoms with Crippen molar-refractivity contribution in [3.8, 4) is 11.3 Å². The quantitative estimate of drug-likeness (QED) is 0.473. The van der Waals surface area contributed by atoms with Crippen molar-refractivity contribution < 1.29 is 14.0 Å². The van der Waals surface area contributed by atoms with Gasteiger partial charge in [0.15, 0.2) is 0 Å². The second-order valence-corrected chi connectivity index (χ2v) is 8.06. The van der Waals surface area contributed by atoms with Crippen LogP contribution in [0.4, 0.5) is 0 Å². The highest BCUT2D eigenvalue weighted by Crippen LogP contribution is 2.25. The molecule has 0 fully saturated rings. The summed E-state index contributed by atoms with van der Waals surface area (Å²) in [5.74, 6) is 0.381. The highest BCUT2D eigenvalue weighted by molar-refractivity contribution is 9.10. The normalized spacial score (nSPS) is 11.4. The maximum absolute atomic E-state index is 12.8. The largest absolute Gasteiger partial charge is 0.457 e. The predicted molar refractivity (Wildman–Crippen MR) is 125 cm³/mol. The average molecular weight is 482 g/mol. The molecular weight excluding hydrogens is 458 g/mol. The maximum Gasteiger partial charge on any atom is 0.267 e. The van der Waals surface area contributed by atoms with Gasteiger partial charge in [-0.2, -0.15) is 0 Å². The number of hydrogen-bond acceptors (Lipinski definition) is 4. The summed E-state index contributed by atoms with van der Waals surface area (Å²) in [4.78, 5) is 27.3. The number of carbonyl (C=O) groups is 2. The molecule has 0 atom stereocenters. The van der Waals surface area contributed by atoms with Gasteiger partial charge in [-0.15, -0.1) is 0 Å². The summed E-state index contributed by atoms with van der Waals surface area (Å²) in [5, 5.41) is 5.53. The zero-order valence-corrected chi connectivity index (χ0v) is 19.0. The monoisotopic (exact) mass is 481 g/mol. The van der Waals surface area contributed by atoms with E-state index in [1.54, 1.807) is 30.3 Å². The Hall–Kier alpha value is -3.16. The lowest BCUT2D eigenvalue weighted by Gasteiger charge is -2.13. The van der Waals surface area contributed by atoms with E-state index in [9.17, 15) is 9.59 Å². The summed E-state index contributed by atoms with van der Waals surface area (Å²) in [7, 11) is 3.85. The number of rotatable bonds is 8. The zero-order valence-electron chi connectivity index (χ0n) is 17.4. The lowest BCUT2D eigenvalue weighted by molar-refractivity contribution is -0.117. The van der Waals surface area contributed by atoms with Crippen molar-refractivity contribution in [1.29, 1.82) is 0 Å². The molecule has 0 bridgehead atoms.